The van der Waals surface area contributed by atoms with Gasteiger partial charge in [-0.05, 0) is 43.7 Å². The van der Waals surface area contributed by atoms with E-state index in [-0.39, 0.29) is 12.0 Å². The number of ether oxygens (including phenoxy) is 2. The second-order valence-corrected chi connectivity index (χ2v) is 5.68. The number of methoxy groups -OCH3 is 1. The summed E-state index contributed by atoms with van der Waals surface area (Å²) in [5.74, 6) is 0.687. The zero-order valence-electron chi connectivity index (χ0n) is 12.4. The third-order valence-electron chi connectivity index (χ3n) is 4.30. The predicted molar refractivity (Wildman–Crippen MR) is 79.7 cm³/mol. The fourth-order valence-electron chi connectivity index (χ4n) is 3.06. The monoisotopic (exact) mass is 290 g/mol. The van der Waals surface area contributed by atoms with Crippen LogP contribution in [0.3, 0.4) is 0 Å². The third kappa shape index (κ3) is 3.36. The van der Waals surface area contributed by atoms with Crippen LogP contribution in [0.5, 0.6) is 5.75 Å². The van der Waals surface area contributed by atoms with Crippen molar-refractivity contribution in [2.75, 3.05) is 33.4 Å². The Bertz CT molecular complexity index is 489. The van der Waals surface area contributed by atoms with Crippen LogP contribution in [0, 0.1) is 0 Å². The Morgan fingerprint density at radius 1 is 1.43 bits per heavy atom. The first-order chi connectivity index (χ1) is 10.3. The zero-order chi connectivity index (χ0) is 14.7. The van der Waals surface area contributed by atoms with Gasteiger partial charge >= 0.3 is 0 Å². The van der Waals surface area contributed by atoms with Crippen molar-refractivity contribution in [3.8, 4) is 5.75 Å². The van der Waals surface area contributed by atoms with Gasteiger partial charge in [0.05, 0.1) is 19.8 Å². The fraction of sp³-hybridized carbons (Fsp3) is 0.562. The summed E-state index contributed by atoms with van der Waals surface area (Å²) in [6.07, 6.45) is 2.60. The van der Waals surface area contributed by atoms with Crippen molar-refractivity contribution in [2.24, 2.45) is 0 Å². The minimum Gasteiger partial charge on any atom is -0.497 e. The highest BCUT2D eigenvalue weighted by atomic mass is 16.5. The molecule has 1 amide bonds. The molecule has 2 aliphatic heterocycles. The molecule has 2 fully saturated rings. The number of nitrogens with one attached hydrogen (secondary N) is 1. The smallest absolute Gasteiger partial charge is 0.251 e. The number of morpholine rings is 1. The zero-order valence-corrected chi connectivity index (χ0v) is 12.4. The van der Waals surface area contributed by atoms with Gasteiger partial charge in [0.1, 0.15) is 5.75 Å². The standard InChI is InChI=1S/C16H22N2O3/c1-20-14-6-4-12(5-7-14)16(19)17-9-15-10-18-8-2-3-13(18)11-21-15/h4-7,13,15H,2-3,8-11H2,1H3,(H,17,19)/t13-,15-/m1/s1. The predicted octanol–water partition coefficient (Wildman–Crippen LogP) is 1.29. The summed E-state index contributed by atoms with van der Waals surface area (Å²) in [4.78, 5) is 14.6. The first kappa shape index (κ1) is 14.4. The van der Waals surface area contributed by atoms with Gasteiger partial charge < -0.3 is 14.8 Å². The van der Waals surface area contributed by atoms with Gasteiger partial charge in [0.2, 0.25) is 0 Å². The Kier molecular flexibility index (Phi) is 4.41. The maximum atomic E-state index is 12.1. The quantitative estimate of drug-likeness (QED) is 0.908. The number of nitrogens with zero attached hydrogens (tertiary/aromatic N) is 1. The van der Waals surface area contributed by atoms with Crippen LogP contribution < -0.4 is 10.1 Å². The average Bonchev–Trinajstić information content (AvgIpc) is 3.00. The topological polar surface area (TPSA) is 50.8 Å². The number of carbonyl (C=O) groups excluding carboxylic acids is 1. The highest BCUT2D eigenvalue weighted by molar-refractivity contribution is 5.94. The SMILES string of the molecule is COc1ccc(C(=O)NC[C@@H]2CN3CCC[C@@H]3CO2)cc1. The van der Waals surface area contributed by atoms with E-state index in [1.54, 1.807) is 31.4 Å². The van der Waals surface area contributed by atoms with Crippen molar-refractivity contribution in [1.82, 2.24) is 10.2 Å². The summed E-state index contributed by atoms with van der Waals surface area (Å²) in [6.45, 7) is 3.45. The molecule has 5 heteroatoms. The number of hydrogen-bond donors (Lipinski definition) is 1. The molecule has 2 atom stereocenters. The van der Waals surface area contributed by atoms with E-state index < -0.39 is 0 Å². The molecule has 0 radical (unpaired) electrons. The van der Waals surface area contributed by atoms with Crippen molar-refractivity contribution < 1.29 is 14.3 Å². The van der Waals surface area contributed by atoms with E-state index in [0.717, 1.165) is 25.4 Å². The number of benzene rings is 1. The summed E-state index contributed by atoms with van der Waals surface area (Å²) in [6, 6.07) is 7.72. The van der Waals surface area contributed by atoms with Crippen molar-refractivity contribution in [3.63, 3.8) is 0 Å². The van der Waals surface area contributed by atoms with Gasteiger partial charge in [-0.1, -0.05) is 0 Å². The molecule has 2 saturated heterocycles. The Labute approximate surface area is 125 Å². The van der Waals surface area contributed by atoms with Crippen LogP contribution in [0.15, 0.2) is 24.3 Å². The highest BCUT2D eigenvalue weighted by Crippen LogP contribution is 2.22. The second-order valence-electron chi connectivity index (χ2n) is 5.68. The van der Waals surface area contributed by atoms with Gasteiger partial charge in [-0.3, -0.25) is 9.69 Å². The third-order valence-corrected chi connectivity index (χ3v) is 4.30. The molecule has 0 aliphatic carbocycles. The van der Waals surface area contributed by atoms with Gasteiger partial charge in [0.25, 0.3) is 5.91 Å². The molecule has 5 nitrogen and oxygen atoms in total. The molecule has 0 aromatic heterocycles. The Morgan fingerprint density at radius 2 is 2.24 bits per heavy atom. The van der Waals surface area contributed by atoms with E-state index in [9.17, 15) is 4.79 Å². The minimum atomic E-state index is -0.0650. The number of carbonyl (C=O) groups is 1. The fourth-order valence-corrected chi connectivity index (χ4v) is 3.06. The summed E-state index contributed by atoms with van der Waals surface area (Å²) in [7, 11) is 1.61. The molecule has 2 heterocycles. The molecule has 2 aliphatic rings. The molecule has 0 unspecified atom stereocenters. The van der Waals surface area contributed by atoms with Crippen LogP contribution in [0.4, 0.5) is 0 Å². The summed E-state index contributed by atoms with van der Waals surface area (Å²) < 4.78 is 10.9. The highest BCUT2D eigenvalue weighted by Gasteiger charge is 2.32. The van der Waals surface area contributed by atoms with E-state index in [0.29, 0.717) is 18.2 Å². The molecule has 1 aromatic rings. The van der Waals surface area contributed by atoms with E-state index in [4.69, 9.17) is 9.47 Å². The molecule has 1 aromatic carbocycles. The lowest BCUT2D eigenvalue weighted by molar-refractivity contribution is -0.0461. The van der Waals surface area contributed by atoms with Crippen molar-refractivity contribution in [3.05, 3.63) is 29.8 Å². The van der Waals surface area contributed by atoms with Gasteiger partial charge in [-0.2, -0.15) is 0 Å². The first-order valence-corrected chi connectivity index (χ1v) is 7.54. The molecule has 3 rings (SSSR count). The Balaban J connectivity index is 1.49. The summed E-state index contributed by atoms with van der Waals surface area (Å²) in [5, 5.41) is 2.95. The van der Waals surface area contributed by atoms with Crippen LogP contribution in [-0.4, -0.2) is 56.3 Å². The van der Waals surface area contributed by atoms with Gasteiger partial charge in [0, 0.05) is 24.7 Å². The molecule has 0 bridgehead atoms. The summed E-state index contributed by atoms with van der Waals surface area (Å²) >= 11 is 0. The normalized spacial score (nSPS) is 25.4. The Morgan fingerprint density at radius 3 is 3.00 bits per heavy atom. The first-order valence-electron chi connectivity index (χ1n) is 7.54. The molecule has 21 heavy (non-hydrogen) atoms. The van der Waals surface area contributed by atoms with E-state index in [1.165, 1.54) is 12.8 Å². The Hall–Kier alpha value is -1.59. The van der Waals surface area contributed by atoms with Crippen LogP contribution in [0.25, 0.3) is 0 Å². The largest absolute Gasteiger partial charge is 0.497 e. The maximum absolute atomic E-state index is 12.1. The molecule has 0 saturated carbocycles. The van der Waals surface area contributed by atoms with Crippen LogP contribution in [0.2, 0.25) is 0 Å². The lowest BCUT2D eigenvalue weighted by Crippen LogP contribution is -2.50. The van der Waals surface area contributed by atoms with Gasteiger partial charge in [-0.15, -0.1) is 0 Å². The number of hydrogen-bond acceptors (Lipinski definition) is 4. The van der Waals surface area contributed by atoms with Crippen LogP contribution in [0.1, 0.15) is 23.2 Å². The molecule has 114 valence electrons. The van der Waals surface area contributed by atoms with Crippen molar-refractivity contribution in [1.29, 1.82) is 0 Å². The summed E-state index contributed by atoms with van der Waals surface area (Å²) in [5.41, 5.74) is 0.644. The van der Waals surface area contributed by atoms with Gasteiger partial charge in [0.15, 0.2) is 0 Å². The average molecular weight is 290 g/mol. The molecule has 0 spiro atoms. The molecular weight excluding hydrogens is 268 g/mol. The van der Waals surface area contributed by atoms with Crippen LogP contribution >= 0.6 is 0 Å². The van der Waals surface area contributed by atoms with E-state index in [1.807, 2.05) is 0 Å². The maximum Gasteiger partial charge on any atom is 0.251 e. The van der Waals surface area contributed by atoms with Gasteiger partial charge in [-0.25, -0.2) is 0 Å². The molecule has 1 N–H and O–H groups in total. The van der Waals surface area contributed by atoms with Crippen molar-refractivity contribution in [2.45, 2.75) is 25.0 Å². The van der Waals surface area contributed by atoms with E-state index in [2.05, 4.69) is 10.2 Å². The van der Waals surface area contributed by atoms with Crippen molar-refractivity contribution >= 4 is 5.91 Å². The second kappa shape index (κ2) is 6.45. The van der Waals surface area contributed by atoms with Crippen LogP contribution in [-0.2, 0) is 4.74 Å². The number of amides is 1. The number of fused-ring (bicyclic) bond motifs is 1. The lowest BCUT2D eigenvalue weighted by Gasteiger charge is -2.35. The number of rotatable bonds is 4. The molecular formula is C16H22N2O3. The minimum absolute atomic E-state index is 0.0650. The lowest BCUT2D eigenvalue weighted by atomic mass is 10.1. The van der Waals surface area contributed by atoms with E-state index >= 15 is 0 Å².